The molecule has 1 fully saturated rings. The van der Waals surface area contributed by atoms with Gasteiger partial charge in [-0.3, -0.25) is 0 Å². The standard InChI is InChI=1S/C17H27N/c1-13-7-6-8-14(2)17(13)12-16(18)11-15-9-4-3-5-10-15/h6-8,15-16H,3-5,9-12,18H2,1-2H3. The third-order valence-corrected chi connectivity index (χ3v) is 4.47. The van der Waals surface area contributed by atoms with Crippen molar-refractivity contribution in [1.82, 2.24) is 0 Å². The summed E-state index contributed by atoms with van der Waals surface area (Å²) < 4.78 is 0. The average Bonchev–Trinajstić information content (AvgIpc) is 2.35. The summed E-state index contributed by atoms with van der Waals surface area (Å²) >= 11 is 0. The third-order valence-electron chi connectivity index (χ3n) is 4.47. The van der Waals surface area contributed by atoms with Crippen molar-refractivity contribution in [2.24, 2.45) is 11.7 Å². The molecule has 0 aliphatic heterocycles. The van der Waals surface area contributed by atoms with Crippen molar-refractivity contribution in [3.63, 3.8) is 0 Å². The number of hydrogen-bond donors (Lipinski definition) is 1. The van der Waals surface area contributed by atoms with E-state index >= 15 is 0 Å². The van der Waals surface area contributed by atoms with E-state index in [0.717, 1.165) is 12.3 Å². The second-order valence-corrected chi connectivity index (χ2v) is 6.07. The van der Waals surface area contributed by atoms with E-state index in [1.165, 1.54) is 55.2 Å². The maximum atomic E-state index is 6.37. The molecule has 2 N–H and O–H groups in total. The molecule has 0 saturated heterocycles. The Morgan fingerprint density at radius 3 is 2.33 bits per heavy atom. The topological polar surface area (TPSA) is 26.0 Å². The van der Waals surface area contributed by atoms with Crippen LogP contribution in [0.15, 0.2) is 18.2 Å². The Morgan fingerprint density at radius 1 is 1.11 bits per heavy atom. The van der Waals surface area contributed by atoms with Crippen molar-refractivity contribution in [2.45, 2.75) is 64.8 Å². The molecule has 2 rings (SSSR count). The Hall–Kier alpha value is -0.820. The molecule has 0 spiro atoms. The van der Waals surface area contributed by atoms with Gasteiger partial charge in [-0.25, -0.2) is 0 Å². The van der Waals surface area contributed by atoms with Gasteiger partial charge in [0.1, 0.15) is 0 Å². The van der Waals surface area contributed by atoms with Crippen LogP contribution in [0.5, 0.6) is 0 Å². The summed E-state index contributed by atoms with van der Waals surface area (Å²) in [5.74, 6) is 0.887. The molecule has 1 aromatic carbocycles. The molecule has 1 saturated carbocycles. The van der Waals surface area contributed by atoms with Gasteiger partial charge in [0.25, 0.3) is 0 Å². The average molecular weight is 245 g/mol. The monoisotopic (exact) mass is 245 g/mol. The molecular formula is C17H27N. The minimum absolute atomic E-state index is 0.341. The highest BCUT2D eigenvalue weighted by atomic mass is 14.6. The highest BCUT2D eigenvalue weighted by Gasteiger charge is 2.17. The van der Waals surface area contributed by atoms with E-state index in [2.05, 4.69) is 32.0 Å². The Morgan fingerprint density at radius 2 is 1.72 bits per heavy atom. The molecule has 1 unspecified atom stereocenters. The van der Waals surface area contributed by atoms with Crippen LogP contribution in [0.3, 0.4) is 0 Å². The van der Waals surface area contributed by atoms with Crippen molar-refractivity contribution in [3.05, 3.63) is 34.9 Å². The van der Waals surface area contributed by atoms with Crippen LogP contribution < -0.4 is 5.73 Å². The molecule has 18 heavy (non-hydrogen) atoms. The van der Waals surface area contributed by atoms with Gasteiger partial charge in [-0.2, -0.15) is 0 Å². The molecule has 0 amide bonds. The molecule has 0 radical (unpaired) electrons. The summed E-state index contributed by atoms with van der Waals surface area (Å²) in [5.41, 5.74) is 10.6. The predicted molar refractivity (Wildman–Crippen MR) is 78.8 cm³/mol. The SMILES string of the molecule is Cc1cccc(C)c1CC(N)CC1CCCCC1. The van der Waals surface area contributed by atoms with Gasteiger partial charge in [0, 0.05) is 6.04 Å². The van der Waals surface area contributed by atoms with Gasteiger partial charge in [0.15, 0.2) is 0 Å². The first kappa shape index (κ1) is 13.6. The lowest BCUT2D eigenvalue weighted by atomic mass is 9.83. The Balaban J connectivity index is 1.92. The molecule has 1 heteroatoms. The van der Waals surface area contributed by atoms with Crippen molar-refractivity contribution >= 4 is 0 Å². The van der Waals surface area contributed by atoms with E-state index in [1.807, 2.05) is 0 Å². The molecular weight excluding hydrogens is 218 g/mol. The minimum Gasteiger partial charge on any atom is -0.327 e. The van der Waals surface area contributed by atoms with E-state index in [9.17, 15) is 0 Å². The van der Waals surface area contributed by atoms with Gasteiger partial charge in [-0.15, -0.1) is 0 Å². The first-order chi connectivity index (χ1) is 8.66. The maximum Gasteiger partial charge on any atom is 0.00821 e. The van der Waals surface area contributed by atoms with Crippen LogP contribution in [0.25, 0.3) is 0 Å². The van der Waals surface area contributed by atoms with E-state index in [-0.39, 0.29) is 0 Å². The van der Waals surface area contributed by atoms with Gasteiger partial charge in [0.2, 0.25) is 0 Å². The number of aryl methyl sites for hydroxylation is 2. The molecule has 0 heterocycles. The van der Waals surface area contributed by atoms with Crippen LogP contribution >= 0.6 is 0 Å². The number of benzene rings is 1. The Labute approximate surface area is 112 Å². The van der Waals surface area contributed by atoms with Crippen LogP contribution in [0.2, 0.25) is 0 Å². The minimum atomic E-state index is 0.341. The van der Waals surface area contributed by atoms with Crippen LogP contribution in [-0.2, 0) is 6.42 Å². The van der Waals surface area contributed by atoms with E-state index in [0.29, 0.717) is 6.04 Å². The predicted octanol–water partition coefficient (Wildman–Crippen LogP) is 4.14. The second-order valence-electron chi connectivity index (χ2n) is 6.07. The molecule has 0 aromatic heterocycles. The summed E-state index contributed by atoms with van der Waals surface area (Å²) in [6, 6.07) is 6.89. The largest absolute Gasteiger partial charge is 0.327 e. The van der Waals surface area contributed by atoms with Crippen LogP contribution in [-0.4, -0.2) is 6.04 Å². The van der Waals surface area contributed by atoms with Crippen molar-refractivity contribution in [3.8, 4) is 0 Å². The fraction of sp³-hybridized carbons (Fsp3) is 0.647. The maximum absolute atomic E-state index is 6.37. The fourth-order valence-corrected chi connectivity index (χ4v) is 3.37. The van der Waals surface area contributed by atoms with Crippen LogP contribution in [0.4, 0.5) is 0 Å². The molecule has 1 aromatic rings. The van der Waals surface area contributed by atoms with Crippen molar-refractivity contribution in [1.29, 1.82) is 0 Å². The molecule has 0 bridgehead atoms. The van der Waals surface area contributed by atoms with Gasteiger partial charge in [-0.05, 0) is 49.3 Å². The molecule has 1 aliphatic rings. The molecule has 1 atom stereocenters. The quantitative estimate of drug-likeness (QED) is 0.847. The highest BCUT2D eigenvalue weighted by molar-refractivity contribution is 5.34. The van der Waals surface area contributed by atoms with Gasteiger partial charge in [-0.1, -0.05) is 50.3 Å². The zero-order valence-corrected chi connectivity index (χ0v) is 11.9. The number of nitrogens with two attached hydrogens (primary N) is 1. The second kappa shape index (κ2) is 6.38. The van der Waals surface area contributed by atoms with Crippen LogP contribution in [0, 0.1) is 19.8 Å². The lowest BCUT2D eigenvalue weighted by Crippen LogP contribution is -2.27. The summed E-state index contributed by atoms with van der Waals surface area (Å²) in [5, 5.41) is 0. The zero-order valence-electron chi connectivity index (χ0n) is 11.9. The first-order valence-corrected chi connectivity index (χ1v) is 7.47. The smallest absolute Gasteiger partial charge is 0.00821 e. The Kier molecular flexibility index (Phi) is 4.82. The van der Waals surface area contributed by atoms with Crippen molar-refractivity contribution < 1.29 is 0 Å². The lowest BCUT2D eigenvalue weighted by molar-refractivity contribution is 0.316. The number of rotatable bonds is 4. The van der Waals surface area contributed by atoms with Gasteiger partial charge < -0.3 is 5.73 Å². The number of hydrogen-bond acceptors (Lipinski definition) is 1. The van der Waals surface area contributed by atoms with E-state index < -0.39 is 0 Å². The lowest BCUT2D eigenvalue weighted by Gasteiger charge is -2.25. The summed E-state index contributed by atoms with van der Waals surface area (Å²) in [6.07, 6.45) is 9.34. The molecule has 1 nitrogen and oxygen atoms in total. The molecule has 1 aliphatic carbocycles. The van der Waals surface area contributed by atoms with Gasteiger partial charge >= 0.3 is 0 Å². The van der Waals surface area contributed by atoms with E-state index in [1.54, 1.807) is 0 Å². The molecule has 100 valence electrons. The van der Waals surface area contributed by atoms with Crippen molar-refractivity contribution in [2.75, 3.05) is 0 Å². The fourth-order valence-electron chi connectivity index (χ4n) is 3.37. The van der Waals surface area contributed by atoms with Gasteiger partial charge in [0.05, 0.1) is 0 Å². The van der Waals surface area contributed by atoms with Crippen LogP contribution in [0.1, 0.15) is 55.2 Å². The normalized spacial score (nSPS) is 18.8. The van der Waals surface area contributed by atoms with E-state index in [4.69, 9.17) is 5.73 Å². The Bertz CT molecular complexity index is 357. The zero-order chi connectivity index (χ0) is 13.0. The summed E-state index contributed by atoms with van der Waals surface area (Å²) in [4.78, 5) is 0. The third kappa shape index (κ3) is 3.58. The summed E-state index contributed by atoms with van der Waals surface area (Å²) in [7, 11) is 0. The summed E-state index contributed by atoms with van der Waals surface area (Å²) in [6.45, 7) is 4.41. The first-order valence-electron chi connectivity index (χ1n) is 7.47. The highest BCUT2D eigenvalue weighted by Crippen LogP contribution is 2.28.